The molecule has 24 heavy (non-hydrogen) atoms. The van der Waals surface area contributed by atoms with Crippen LogP contribution in [0.15, 0.2) is 42.7 Å². The number of aromatic nitrogens is 2. The van der Waals surface area contributed by atoms with Crippen molar-refractivity contribution in [1.29, 1.82) is 0 Å². The first-order valence-electron chi connectivity index (χ1n) is 8.49. The predicted octanol–water partition coefficient (Wildman–Crippen LogP) is 2.87. The number of hydrogen-bond acceptors (Lipinski definition) is 4. The zero-order chi connectivity index (χ0) is 16.8. The maximum Gasteiger partial charge on any atom is 0.303 e. The fraction of sp³-hybridized carbons (Fsp3) is 0.421. The van der Waals surface area contributed by atoms with Gasteiger partial charge in [-0.2, -0.15) is 0 Å². The van der Waals surface area contributed by atoms with Crippen molar-refractivity contribution in [3.8, 4) is 0 Å². The lowest BCUT2D eigenvalue weighted by Gasteiger charge is -2.32. The molecule has 0 radical (unpaired) electrons. The molecule has 126 valence electrons. The van der Waals surface area contributed by atoms with Crippen LogP contribution in [-0.2, 0) is 17.8 Å². The molecular weight excluding hydrogens is 302 g/mol. The minimum Gasteiger partial charge on any atom is -0.481 e. The molecule has 1 aliphatic heterocycles. The number of aliphatic carboxylic acids is 1. The number of likely N-dealkylation sites (tertiary alicyclic amines) is 1. The smallest absolute Gasteiger partial charge is 0.303 e. The molecular formula is C19H23N3O2. The van der Waals surface area contributed by atoms with Gasteiger partial charge in [0.05, 0.1) is 6.42 Å². The van der Waals surface area contributed by atoms with Crippen molar-refractivity contribution in [2.45, 2.75) is 38.1 Å². The average molecular weight is 325 g/mol. The summed E-state index contributed by atoms with van der Waals surface area (Å²) in [6, 6.07) is 10.1. The van der Waals surface area contributed by atoms with Gasteiger partial charge in [0.15, 0.2) is 0 Å². The molecule has 5 nitrogen and oxygen atoms in total. The van der Waals surface area contributed by atoms with Gasteiger partial charge in [0.1, 0.15) is 0 Å². The Morgan fingerprint density at radius 1 is 1.25 bits per heavy atom. The van der Waals surface area contributed by atoms with Gasteiger partial charge in [-0.1, -0.05) is 6.07 Å². The van der Waals surface area contributed by atoms with Crippen molar-refractivity contribution in [2.75, 3.05) is 13.1 Å². The summed E-state index contributed by atoms with van der Waals surface area (Å²) in [4.78, 5) is 22.0. The second kappa shape index (κ2) is 8.02. The van der Waals surface area contributed by atoms with E-state index >= 15 is 0 Å². The van der Waals surface area contributed by atoms with Crippen molar-refractivity contribution in [1.82, 2.24) is 14.9 Å². The molecule has 0 aliphatic carbocycles. The Balaban J connectivity index is 1.64. The number of carbonyl (C=O) groups is 1. The van der Waals surface area contributed by atoms with Gasteiger partial charge >= 0.3 is 5.97 Å². The molecule has 1 atom stereocenters. The Labute approximate surface area is 142 Å². The summed E-state index contributed by atoms with van der Waals surface area (Å²) in [5.74, 6) is -0.353. The molecule has 3 heterocycles. The number of hydrogen-bond donors (Lipinski definition) is 1. The largest absolute Gasteiger partial charge is 0.481 e. The van der Waals surface area contributed by atoms with E-state index in [9.17, 15) is 4.79 Å². The first-order valence-corrected chi connectivity index (χ1v) is 8.49. The van der Waals surface area contributed by atoms with Gasteiger partial charge in [-0.25, -0.2) is 0 Å². The van der Waals surface area contributed by atoms with Crippen LogP contribution in [0.25, 0.3) is 0 Å². The van der Waals surface area contributed by atoms with Crippen molar-refractivity contribution in [2.24, 2.45) is 0 Å². The van der Waals surface area contributed by atoms with Crippen LogP contribution in [0.4, 0.5) is 0 Å². The van der Waals surface area contributed by atoms with Crippen LogP contribution in [0, 0.1) is 0 Å². The molecule has 1 saturated heterocycles. The highest BCUT2D eigenvalue weighted by Crippen LogP contribution is 2.26. The number of rotatable bonds is 6. The van der Waals surface area contributed by atoms with Gasteiger partial charge in [0, 0.05) is 49.2 Å². The lowest BCUT2D eigenvalue weighted by molar-refractivity contribution is -0.136. The van der Waals surface area contributed by atoms with E-state index in [1.54, 1.807) is 0 Å². The minimum absolute atomic E-state index is 0.134. The summed E-state index contributed by atoms with van der Waals surface area (Å²) in [6.07, 6.45) is 6.61. The van der Waals surface area contributed by atoms with Gasteiger partial charge in [0.25, 0.3) is 0 Å². The number of carboxylic acid groups (broad SMARTS) is 1. The van der Waals surface area contributed by atoms with E-state index in [0.717, 1.165) is 43.9 Å². The highest BCUT2D eigenvalue weighted by atomic mass is 16.4. The molecule has 2 aromatic rings. The molecule has 2 aromatic heterocycles. The number of piperidine rings is 1. The van der Waals surface area contributed by atoms with Crippen LogP contribution in [0.2, 0.25) is 0 Å². The van der Waals surface area contributed by atoms with Crippen molar-refractivity contribution >= 4 is 5.97 Å². The molecule has 0 spiro atoms. The second-order valence-corrected chi connectivity index (χ2v) is 6.38. The third-order valence-corrected chi connectivity index (χ3v) is 4.50. The normalized spacial score (nSPS) is 18.4. The van der Waals surface area contributed by atoms with Crippen molar-refractivity contribution in [3.05, 3.63) is 59.7 Å². The van der Waals surface area contributed by atoms with E-state index in [2.05, 4.69) is 28.1 Å². The lowest BCUT2D eigenvalue weighted by Crippen LogP contribution is -2.34. The van der Waals surface area contributed by atoms with Gasteiger partial charge in [0.2, 0.25) is 0 Å². The SMILES string of the molecule is O=C(O)CCc1cccc(C2CCCN(Cc3ccncc3)C2)n1. The van der Waals surface area contributed by atoms with Gasteiger partial charge < -0.3 is 5.11 Å². The standard InChI is InChI=1S/C19H23N3O2/c23-19(24)7-6-17-4-1-5-18(21-17)16-3-2-12-22(14-16)13-15-8-10-20-11-9-15/h1,4-5,8-11,16H,2-3,6-7,12-14H2,(H,23,24). The number of nitrogens with zero attached hydrogens (tertiary/aromatic N) is 3. The van der Waals surface area contributed by atoms with Gasteiger partial charge in [-0.05, 0) is 49.2 Å². The average Bonchev–Trinajstić information content (AvgIpc) is 2.61. The molecule has 1 unspecified atom stereocenters. The van der Waals surface area contributed by atoms with Crippen LogP contribution < -0.4 is 0 Å². The molecule has 0 aromatic carbocycles. The topological polar surface area (TPSA) is 66.3 Å². The summed E-state index contributed by atoms with van der Waals surface area (Å²) in [6.45, 7) is 3.05. The summed E-state index contributed by atoms with van der Waals surface area (Å²) in [5.41, 5.74) is 3.26. The van der Waals surface area contributed by atoms with Gasteiger partial charge in [-0.15, -0.1) is 0 Å². The zero-order valence-corrected chi connectivity index (χ0v) is 13.8. The summed E-state index contributed by atoms with van der Waals surface area (Å²) < 4.78 is 0. The zero-order valence-electron chi connectivity index (χ0n) is 13.8. The van der Waals surface area contributed by atoms with Crippen LogP contribution in [0.1, 0.15) is 42.1 Å². The Kier molecular flexibility index (Phi) is 5.54. The highest BCUT2D eigenvalue weighted by molar-refractivity contribution is 5.66. The second-order valence-electron chi connectivity index (χ2n) is 6.38. The number of pyridine rings is 2. The molecule has 0 saturated carbocycles. The van der Waals surface area contributed by atoms with Crippen LogP contribution in [-0.4, -0.2) is 39.0 Å². The molecule has 3 rings (SSSR count). The van der Waals surface area contributed by atoms with Gasteiger partial charge in [-0.3, -0.25) is 19.7 Å². The monoisotopic (exact) mass is 325 g/mol. The molecule has 0 amide bonds. The Bertz CT molecular complexity index is 675. The minimum atomic E-state index is -0.775. The molecule has 1 aliphatic rings. The third-order valence-electron chi connectivity index (χ3n) is 4.50. The predicted molar refractivity (Wildman–Crippen MR) is 91.7 cm³/mol. The molecule has 0 bridgehead atoms. The van der Waals surface area contributed by atoms with E-state index < -0.39 is 5.97 Å². The van der Waals surface area contributed by atoms with E-state index in [1.165, 1.54) is 5.56 Å². The Morgan fingerprint density at radius 2 is 2.08 bits per heavy atom. The maximum absolute atomic E-state index is 10.7. The lowest BCUT2D eigenvalue weighted by atomic mass is 9.93. The van der Waals surface area contributed by atoms with Crippen molar-refractivity contribution in [3.63, 3.8) is 0 Å². The molecule has 1 N–H and O–H groups in total. The first kappa shape index (κ1) is 16.6. The van der Waals surface area contributed by atoms with E-state index in [0.29, 0.717) is 12.3 Å². The fourth-order valence-electron chi connectivity index (χ4n) is 3.29. The van der Waals surface area contributed by atoms with E-state index in [4.69, 9.17) is 10.1 Å². The summed E-state index contributed by atoms with van der Waals surface area (Å²) >= 11 is 0. The van der Waals surface area contributed by atoms with Crippen LogP contribution in [0.3, 0.4) is 0 Å². The molecule has 5 heteroatoms. The van der Waals surface area contributed by atoms with E-state index in [-0.39, 0.29) is 6.42 Å². The Morgan fingerprint density at radius 3 is 2.88 bits per heavy atom. The Hall–Kier alpha value is -2.27. The molecule has 1 fully saturated rings. The summed E-state index contributed by atoms with van der Waals surface area (Å²) in [7, 11) is 0. The third kappa shape index (κ3) is 4.61. The maximum atomic E-state index is 10.7. The number of aryl methyl sites for hydroxylation is 1. The summed E-state index contributed by atoms with van der Waals surface area (Å²) in [5, 5.41) is 8.83. The first-order chi connectivity index (χ1) is 11.7. The van der Waals surface area contributed by atoms with E-state index in [1.807, 2.05) is 24.5 Å². The highest BCUT2D eigenvalue weighted by Gasteiger charge is 2.22. The van der Waals surface area contributed by atoms with Crippen LogP contribution in [0.5, 0.6) is 0 Å². The quantitative estimate of drug-likeness (QED) is 0.884. The number of carboxylic acids is 1. The fourth-order valence-corrected chi connectivity index (χ4v) is 3.29. The van der Waals surface area contributed by atoms with Crippen molar-refractivity contribution < 1.29 is 9.90 Å². The van der Waals surface area contributed by atoms with Crippen LogP contribution >= 0.6 is 0 Å².